The zero-order valence-electron chi connectivity index (χ0n) is 12.7. The molecule has 1 heterocycles. The number of amides is 2. The molecule has 3 rings (SSSR count). The highest BCUT2D eigenvalue weighted by Gasteiger charge is 2.20. The first kappa shape index (κ1) is 17.4. The van der Waals surface area contributed by atoms with E-state index in [0.29, 0.717) is 11.4 Å². The van der Waals surface area contributed by atoms with Crippen LogP contribution in [0.1, 0.15) is 21.0 Å². The maximum absolute atomic E-state index is 12.4. The van der Waals surface area contributed by atoms with Gasteiger partial charge in [-0.2, -0.15) is 0 Å². The summed E-state index contributed by atoms with van der Waals surface area (Å²) < 4.78 is 1.81. The van der Waals surface area contributed by atoms with Crippen LogP contribution < -0.4 is 10.6 Å². The fourth-order valence-electron chi connectivity index (χ4n) is 2.09. The minimum Gasteiger partial charge on any atom is -0.340 e. The van der Waals surface area contributed by atoms with Crippen molar-refractivity contribution in [3.63, 3.8) is 0 Å². The third-order valence-corrected chi connectivity index (χ3v) is 4.34. The van der Waals surface area contributed by atoms with Gasteiger partial charge in [-0.25, -0.2) is 4.98 Å². The third-order valence-electron chi connectivity index (χ3n) is 3.29. The number of carbonyl (C=O) groups is 2. The normalized spacial score (nSPS) is 10.3. The van der Waals surface area contributed by atoms with Gasteiger partial charge in [0.25, 0.3) is 11.8 Å². The Kier molecular flexibility index (Phi) is 5.30. The molecule has 126 valence electrons. The fourth-order valence-corrected chi connectivity index (χ4v) is 2.62. The van der Waals surface area contributed by atoms with Crippen LogP contribution in [0.2, 0.25) is 0 Å². The van der Waals surface area contributed by atoms with E-state index in [4.69, 9.17) is 0 Å². The standard InChI is InChI=1S/C17H12Br2N4O2/c18-10-1-5-12(6-2-10)22-16(24)14-15(21-9-20-14)17(25)23-13-7-3-11(19)4-8-13/h1-9H,(H,20,21)(H,22,24)(H,23,25). The molecule has 0 atom stereocenters. The molecule has 0 aliphatic carbocycles. The minimum atomic E-state index is -0.468. The molecule has 0 saturated carbocycles. The van der Waals surface area contributed by atoms with Crippen LogP contribution in [0.15, 0.2) is 63.8 Å². The number of aromatic amines is 1. The monoisotopic (exact) mass is 462 g/mol. The number of nitrogens with zero attached hydrogens (tertiary/aromatic N) is 1. The molecule has 6 nitrogen and oxygen atoms in total. The van der Waals surface area contributed by atoms with E-state index in [1.165, 1.54) is 6.33 Å². The van der Waals surface area contributed by atoms with Gasteiger partial charge < -0.3 is 15.6 Å². The molecule has 25 heavy (non-hydrogen) atoms. The van der Waals surface area contributed by atoms with Gasteiger partial charge in [0.15, 0.2) is 5.69 Å². The van der Waals surface area contributed by atoms with Crippen molar-refractivity contribution < 1.29 is 9.59 Å². The lowest BCUT2D eigenvalue weighted by molar-refractivity contribution is 0.0985. The zero-order valence-corrected chi connectivity index (χ0v) is 15.9. The Labute approximate surface area is 160 Å². The van der Waals surface area contributed by atoms with Crippen LogP contribution in [-0.2, 0) is 0 Å². The molecule has 3 N–H and O–H groups in total. The molecule has 0 radical (unpaired) electrons. The van der Waals surface area contributed by atoms with Crippen LogP contribution in [0.5, 0.6) is 0 Å². The van der Waals surface area contributed by atoms with Crippen LogP contribution >= 0.6 is 31.9 Å². The summed E-state index contributed by atoms with van der Waals surface area (Å²) in [6.07, 6.45) is 1.31. The summed E-state index contributed by atoms with van der Waals surface area (Å²) in [5.41, 5.74) is 1.34. The molecule has 0 aliphatic heterocycles. The van der Waals surface area contributed by atoms with Gasteiger partial charge in [0, 0.05) is 20.3 Å². The van der Waals surface area contributed by atoms with Crippen LogP contribution in [0.25, 0.3) is 0 Å². The Morgan fingerprint density at radius 2 is 1.28 bits per heavy atom. The minimum absolute atomic E-state index is 0.0255. The summed E-state index contributed by atoms with van der Waals surface area (Å²) >= 11 is 6.66. The predicted octanol–water partition coefficient (Wildman–Crippen LogP) is 4.44. The summed E-state index contributed by atoms with van der Waals surface area (Å²) in [4.78, 5) is 31.5. The summed E-state index contributed by atoms with van der Waals surface area (Å²) in [6, 6.07) is 14.2. The molecule has 0 unspecified atom stereocenters. The highest BCUT2D eigenvalue weighted by atomic mass is 79.9. The van der Waals surface area contributed by atoms with Crippen molar-refractivity contribution in [1.29, 1.82) is 0 Å². The number of imidazole rings is 1. The number of carbonyl (C=O) groups excluding carboxylic acids is 2. The largest absolute Gasteiger partial charge is 0.340 e. The van der Waals surface area contributed by atoms with E-state index < -0.39 is 11.8 Å². The lowest BCUT2D eigenvalue weighted by atomic mass is 10.2. The van der Waals surface area contributed by atoms with E-state index in [0.717, 1.165) is 8.95 Å². The van der Waals surface area contributed by atoms with Crippen molar-refractivity contribution in [2.75, 3.05) is 10.6 Å². The SMILES string of the molecule is O=C(Nc1ccc(Br)cc1)c1nc[nH]c1C(=O)Nc1ccc(Br)cc1. The van der Waals surface area contributed by atoms with Crippen molar-refractivity contribution in [2.45, 2.75) is 0 Å². The number of halogens is 2. The van der Waals surface area contributed by atoms with Crippen molar-refractivity contribution in [2.24, 2.45) is 0 Å². The van der Waals surface area contributed by atoms with Crippen LogP contribution in [0.3, 0.4) is 0 Å². The average molecular weight is 464 g/mol. The van der Waals surface area contributed by atoms with Crippen molar-refractivity contribution >= 4 is 55.0 Å². The van der Waals surface area contributed by atoms with E-state index in [1.807, 2.05) is 12.1 Å². The number of rotatable bonds is 4. The van der Waals surface area contributed by atoms with Gasteiger partial charge in [0.2, 0.25) is 0 Å². The molecule has 8 heteroatoms. The second-order valence-corrected chi connectivity index (χ2v) is 6.88. The Balaban J connectivity index is 1.74. The maximum Gasteiger partial charge on any atom is 0.276 e. The quantitative estimate of drug-likeness (QED) is 0.534. The second-order valence-electron chi connectivity index (χ2n) is 5.05. The number of nitrogens with one attached hydrogen (secondary N) is 3. The van der Waals surface area contributed by atoms with Gasteiger partial charge >= 0.3 is 0 Å². The smallest absolute Gasteiger partial charge is 0.276 e. The molecule has 0 spiro atoms. The van der Waals surface area contributed by atoms with Crippen LogP contribution in [0.4, 0.5) is 11.4 Å². The highest BCUT2D eigenvalue weighted by molar-refractivity contribution is 9.10. The molecule has 2 aromatic carbocycles. The Morgan fingerprint density at radius 1 is 0.800 bits per heavy atom. The number of H-pyrrole nitrogens is 1. The van der Waals surface area contributed by atoms with Crippen LogP contribution in [-0.4, -0.2) is 21.8 Å². The molecule has 0 aliphatic rings. The predicted molar refractivity (Wildman–Crippen MR) is 103 cm³/mol. The van der Waals surface area contributed by atoms with Gasteiger partial charge in [-0.15, -0.1) is 0 Å². The summed E-state index contributed by atoms with van der Waals surface area (Å²) in [5, 5.41) is 5.43. The average Bonchev–Trinajstić information content (AvgIpc) is 3.09. The maximum atomic E-state index is 12.4. The Hall–Kier alpha value is -2.45. The van der Waals surface area contributed by atoms with E-state index in [2.05, 4.69) is 52.5 Å². The first-order valence-corrected chi connectivity index (χ1v) is 8.79. The van der Waals surface area contributed by atoms with Gasteiger partial charge in [-0.1, -0.05) is 31.9 Å². The van der Waals surface area contributed by atoms with Gasteiger partial charge in [0.1, 0.15) is 5.69 Å². The molecule has 0 fully saturated rings. The first-order valence-electron chi connectivity index (χ1n) is 7.20. The van der Waals surface area contributed by atoms with E-state index in [9.17, 15) is 9.59 Å². The molecular formula is C17H12Br2N4O2. The molecule has 3 aromatic rings. The van der Waals surface area contributed by atoms with Crippen molar-refractivity contribution in [3.05, 3.63) is 75.2 Å². The zero-order chi connectivity index (χ0) is 17.8. The molecule has 1 aromatic heterocycles. The Bertz CT molecular complexity index is 831. The summed E-state index contributed by atoms with van der Waals surface area (Å²) in [7, 11) is 0. The number of benzene rings is 2. The van der Waals surface area contributed by atoms with E-state index >= 15 is 0 Å². The van der Waals surface area contributed by atoms with Crippen molar-refractivity contribution in [1.82, 2.24) is 9.97 Å². The molecule has 0 bridgehead atoms. The van der Waals surface area contributed by atoms with Gasteiger partial charge in [-0.3, -0.25) is 9.59 Å². The summed E-state index contributed by atoms with van der Waals surface area (Å²) in [6.45, 7) is 0. The lowest BCUT2D eigenvalue weighted by Crippen LogP contribution is -2.20. The number of aromatic nitrogens is 2. The van der Waals surface area contributed by atoms with E-state index in [1.54, 1.807) is 36.4 Å². The molecular weight excluding hydrogens is 452 g/mol. The molecule has 2 amide bonds. The lowest BCUT2D eigenvalue weighted by Gasteiger charge is -2.07. The number of anilines is 2. The van der Waals surface area contributed by atoms with E-state index in [-0.39, 0.29) is 11.4 Å². The molecule has 0 saturated heterocycles. The highest BCUT2D eigenvalue weighted by Crippen LogP contribution is 2.17. The number of hydrogen-bond acceptors (Lipinski definition) is 3. The second kappa shape index (κ2) is 7.62. The van der Waals surface area contributed by atoms with Crippen molar-refractivity contribution in [3.8, 4) is 0 Å². The third kappa shape index (κ3) is 4.34. The summed E-state index contributed by atoms with van der Waals surface area (Å²) in [5.74, 6) is -0.912. The van der Waals surface area contributed by atoms with Crippen LogP contribution in [0, 0.1) is 0 Å². The first-order chi connectivity index (χ1) is 12.0. The number of hydrogen-bond donors (Lipinski definition) is 3. The fraction of sp³-hybridized carbons (Fsp3) is 0. The van der Waals surface area contributed by atoms with Gasteiger partial charge in [0.05, 0.1) is 6.33 Å². The van der Waals surface area contributed by atoms with Gasteiger partial charge in [-0.05, 0) is 48.5 Å². The Morgan fingerprint density at radius 3 is 1.80 bits per heavy atom. The topological polar surface area (TPSA) is 86.9 Å².